The van der Waals surface area contributed by atoms with Gasteiger partial charge in [-0.05, 0) is 25.0 Å². The second-order valence-corrected chi connectivity index (χ2v) is 5.91. The largest absolute Gasteiger partial charge is 0.411 e. The van der Waals surface area contributed by atoms with E-state index in [9.17, 15) is 17.6 Å². The molecule has 0 radical (unpaired) electrons. The van der Waals surface area contributed by atoms with Crippen LogP contribution in [0.4, 0.5) is 23.4 Å². The molecule has 2 heterocycles. The highest BCUT2D eigenvalue weighted by atomic mass is 127. The van der Waals surface area contributed by atoms with Crippen LogP contribution >= 0.6 is 24.0 Å². The second-order valence-electron chi connectivity index (χ2n) is 5.91. The maximum absolute atomic E-state index is 13.8. The van der Waals surface area contributed by atoms with Crippen molar-refractivity contribution >= 4 is 35.8 Å². The van der Waals surface area contributed by atoms with Gasteiger partial charge in [-0.15, -0.1) is 24.0 Å². The lowest BCUT2D eigenvalue weighted by atomic mass is 10.3. The van der Waals surface area contributed by atoms with Crippen LogP contribution < -0.4 is 15.5 Å². The summed E-state index contributed by atoms with van der Waals surface area (Å²) in [5.41, 5.74) is 0. The number of halogens is 5. The molecule has 0 aliphatic carbocycles. The lowest BCUT2D eigenvalue weighted by molar-refractivity contribution is -0.173. The zero-order chi connectivity index (χ0) is 19.0. The molecule has 0 spiro atoms. The molecule has 1 unspecified atom stereocenters. The molecular formula is C16H24F4IN5O. The fourth-order valence-electron chi connectivity index (χ4n) is 2.64. The average molecular weight is 505 g/mol. The lowest BCUT2D eigenvalue weighted by Crippen LogP contribution is -2.45. The molecule has 1 aliphatic rings. The molecule has 0 amide bonds. The van der Waals surface area contributed by atoms with Crippen LogP contribution in [-0.2, 0) is 4.74 Å². The van der Waals surface area contributed by atoms with E-state index >= 15 is 0 Å². The molecule has 1 saturated heterocycles. The van der Waals surface area contributed by atoms with E-state index in [0.717, 1.165) is 6.42 Å². The number of ether oxygens (including phenoxy) is 1. The number of hydrogen-bond acceptors (Lipinski definition) is 4. The van der Waals surface area contributed by atoms with Crippen molar-refractivity contribution in [2.24, 2.45) is 4.99 Å². The van der Waals surface area contributed by atoms with Crippen molar-refractivity contribution in [2.45, 2.75) is 25.1 Å². The van der Waals surface area contributed by atoms with Crippen LogP contribution in [0.3, 0.4) is 0 Å². The molecule has 2 rings (SSSR count). The van der Waals surface area contributed by atoms with E-state index in [4.69, 9.17) is 0 Å². The van der Waals surface area contributed by atoms with Gasteiger partial charge in [0.1, 0.15) is 6.61 Å². The molecule has 1 aromatic rings. The van der Waals surface area contributed by atoms with E-state index in [1.165, 1.54) is 6.07 Å². The third-order valence-corrected chi connectivity index (χ3v) is 3.81. The number of nitrogens with one attached hydrogen (secondary N) is 2. The fourth-order valence-corrected chi connectivity index (χ4v) is 2.64. The first kappa shape index (κ1) is 23.7. The molecule has 0 bridgehead atoms. The lowest BCUT2D eigenvalue weighted by Gasteiger charge is -2.20. The van der Waals surface area contributed by atoms with Crippen molar-refractivity contribution in [3.8, 4) is 0 Å². The van der Waals surface area contributed by atoms with Crippen LogP contribution in [-0.4, -0.2) is 63.1 Å². The Bertz CT molecular complexity index is 602. The standard InChI is InChI=1S/C16H23F4N5O.HI/c1-21-15(23-7-3-9-26-11-16(18,19)20)24-12-5-8-25(10-12)14-13(17)4-2-6-22-14;/h2,4,6,12H,3,5,7-11H2,1H3,(H2,21,23,24);1H. The van der Waals surface area contributed by atoms with Gasteiger partial charge in [-0.2, -0.15) is 13.2 Å². The monoisotopic (exact) mass is 505 g/mol. The maximum Gasteiger partial charge on any atom is 0.411 e. The van der Waals surface area contributed by atoms with Gasteiger partial charge >= 0.3 is 6.18 Å². The van der Waals surface area contributed by atoms with E-state index in [1.807, 2.05) is 4.90 Å². The summed E-state index contributed by atoms with van der Waals surface area (Å²) in [4.78, 5) is 10.0. The summed E-state index contributed by atoms with van der Waals surface area (Å²) in [7, 11) is 1.61. The van der Waals surface area contributed by atoms with Gasteiger partial charge in [0.15, 0.2) is 17.6 Å². The summed E-state index contributed by atoms with van der Waals surface area (Å²) in [6, 6.07) is 3.00. The molecule has 1 aliphatic heterocycles. The van der Waals surface area contributed by atoms with Crippen molar-refractivity contribution in [3.63, 3.8) is 0 Å². The predicted octanol–water partition coefficient (Wildman–Crippen LogP) is 2.55. The Balaban J connectivity index is 0.00000364. The Morgan fingerprint density at radius 3 is 2.89 bits per heavy atom. The van der Waals surface area contributed by atoms with Crippen molar-refractivity contribution < 1.29 is 22.3 Å². The summed E-state index contributed by atoms with van der Waals surface area (Å²) in [6.07, 6.45) is -1.52. The van der Waals surface area contributed by atoms with Gasteiger partial charge in [-0.3, -0.25) is 4.99 Å². The van der Waals surface area contributed by atoms with Crippen LogP contribution in [0.2, 0.25) is 0 Å². The number of alkyl halides is 3. The molecular weight excluding hydrogens is 481 g/mol. The summed E-state index contributed by atoms with van der Waals surface area (Å²) in [5, 5.41) is 6.26. The minimum atomic E-state index is -4.30. The zero-order valence-corrected chi connectivity index (χ0v) is 17.3. The van der Waals surface area contributed by atoms with E-state index in [1.54, 1.807) is 19.3 Å². The molecule has 1 atom stereocenters. The van der Waals surface area contributed by atoms with Crippen LogP contribution in [0.5, 0.6) is 0 Å². The highest BCUT2D eigenvalue weighted by molar-refractivity contribution is 14.0. The van der Waals surface area contributed by atoms with Crippen LogP contribution in [0.15, 0.2) is 23.3 Å². The Hall–Kier alpha value is -1.37. The minimum absolute atomic E-state index is 0. The topological polar surface area (TPSA) is 61.8 Å². The first-order valence-electron chi connectivity index (χ1n) is 8.36. The molecule has 154 valence electrons. The van der Waals surface area contributed by atoms with Gasteiger partial charge in [-0.25, -0.2) is 9.37 Å². The number of guanidine groups is 1. The summed E-state index contributed by atoms with van der Waals surface area (Å²) in [6.45, 7) is 0.474. The van der Waals surface area contributed by atoms with E-state index in [-0.39, 0.29) is 42.4 Å². The molecule has 6 nitrogen and oxygen atoms in total. The van der Waals surface area contributed by atoms with E-state index in [2.05, 4.69) is 25.3 Å². The first-order chi connectivity index (χ1) is 12.4. The zero-order valence-electron chi connectivity index (χ0n) is 14.9. The first-order valence-corrected chi connectivity index (χ1v) is 8.36. The Morgan fingerprint density at radius 1 is 1.44 bits per heavy atom. The number of rotatable bonds is 7. The van der Waals surface area contributed by atoms with Gasteiger partial charge in [0.05, 0.1) is 0 Å². The molecule has 0 saturated carbocycles. The minimum Gasteiger partial charge on any atom is -0.372 e. The van der Waals surface area contributed by atoms with Crippen molar-refractivity contribution in [2.75, 3.05) is 44.8 Å². The number of pyridine rings is 1. The van der Waals surface area contributed by atoms with Gasteiger partial charge in [-0.1, -0.05) is 0 Å². The Kier molecular flexibility index (Phi) is 10.1. The third-order valence-electron chi connectivity index (χ3n) is 3.81. The summed E-state index contributed by atoms with van der Waals surface area (Å²) >= 11 is 0. The number of aromatic nitrogens is 1. The molecule has 1 aromatic heterocycles. The summed E-state index contributed by atoms with van der Waals surface area (Å²) in [5.74, 6) is 0.533. The SMILES string of the molecule is CN=C(NCCCOCC(F)(F)F)NC1CCN(c2ncccc2F)C1.I. The molecule has 1 fully saturated rings. The third kappa shape index (κ3) is 8.45. The summed E-state index contributed by atoms with van der Waals surface area (Å²) < 4.78 is 54.2. The predicted molar refractivity (Wildman–Crippen MR) is 106 cm³/mol. The number of aliphatic imine (C=N–C) groups is 1. The highest BCUT2D eigenvalue weighted by Crippen LogP contribution is 2.20. The van der Waals surface area contributed by atoms with Crippen LogP contribution in [0.25, 0.3) is 0 Å². The Labute approximate surface area is 172 Å². The van der Waals surface area contributed by atoms with E-state index < -0.39 is 12.8 Å². The average Bonchev–Trinajstić information content (AvgIpc) is 3.04. The molecule has 2 N–H and O–H groups in total. The maximum atomic E-state index is 13.8. The normalized spacial score (nSPS) is 17.6. The molecule has 0 aromatic carbocycles. The quantitative estimate of drug-likeness (QED) is 0.196. The van der Waals surface area contributed by atoms with Gasteiger partial charge in [0.25, 0.3) is 0 Å². The molecule has 27 heavy (non-hydrogen) atoms. The fraction of sp³-hybridized carbons (Fsp3) is 0.625. The second kappa shape index (κ2) is 11.5. The number of nitrogens with zero attached hydrogens (tertiary/aromatic N) is 3. The van der Waals surface area contributed by atoms with Crippen LogP contribution in [0.1, 0.15) is 12.8 Å². The van der Waals surface area contributed by atoms with Crippen LogP contribution in [0, 0.1) is 5.82 Å². The van der Waals surface area contributed by atoms with Gasteiger partial charge in [0, 0.05) is 45.5 Å². The van der Waals surface area contributed by atoms with Crippen molar-refractivity contribution in [1.29, 1.82) is 0 Å². The van der Waals surface area contributed by atoms with E-state index in [0.29, 0.717) is 37.8 Å². The smallest absolute Gasteiger partial charge is 0.372 e. The highest BCUT2D eigenvalue weighted by Gasteiger charge is 2.27. The van der Waals surface area contributed by atoms with Gasteiger partial charge in [0.2, 0.25) is 0 Å². The Morgan fingerprint density at radius 2 is 2.22 bits per heavy atom. The number of anilines is 1. The number of hydrogen-bond donors (Lipinski definition) is 2. The van der Waals surface area contributed by atoms with Crippen molar-refractivity contribution in [1.82, 2.24) is 15.6 Å². The molecule has 11 heteroatoms. The van der Waals surface area contributed by atoms with Gasteiger partial charge < -0.3 is 20.3 Å². The van der Waals surface area contributed by atoms with Crippen molar-refractivity contribution in [3.05, 3.63) is 24.1 Å².